The Kier molecular flexibility index (Phi) is 3.05. The highest BCUT2D eigenvalue weighted by Gasteiger charge is 2.16. The number of nitrogen functional groups attached to an aromatic ring is 1. The van der Waals surface area contributed by atoms with Gasteiger partial charge < -0.3 is 16.0 Å². The molecule has 0 bridgehead atoms. The van der Waals surface area contributed by atoms with Crippen LogP contribution in [0.5, 0.6) is 0 Å². The molecule has 0 saturated carbocycles. The first-order chi connectivity index (χ1) is 8.74. The topological polar surface area (TPSA) is 67.1 Å². The normalized spacial score (nSPS) is 16.2. The zero-order valence-electron chi connectivity index (χ0n) is 9.86. The third-order valence-corrected chi connectivity index (χ3v) is 3.57. The number of hydrogen-bond donors (Lipinski definition) is 2. The van der Waals surface area contributed by atoms with Gasteiger partial charge in [0.25, 0.3) is 0 Å². The molecule has 0 aliphatic carbocycles. The fraction of sp³-hybridized carbons (Fsp3) is 0.333. The fourth-order valence-electron chi connectivity index (χ4n) is 2.22. The van der Waals surface area contributed by atoms with Crippen LogP contribution in [-0.4, -0.2) is 36.1 Å². The lowest BCUT2D eigenvalue weighted by Crippen LogP contribution is -2.44. The van der Waals surface area contributed by atoms with E-state index in [1.54, 1.807) is 0 Å². The number of hydrogen-bond acceptors (Lipinski definition) is 5. The van der Waals surface area contributed by atoms with Gasteiger partial charge in [0.2, 0.25) is 5.95 Å². The molecule has 1 saturated heterocycles. The number of fused-ring (bicyclic) bond motifs is 1. The number of benzene rings is 1. The van der Waals surface area contributed by atoms with Gasteiger partial charge in [0, 0.05) is 36.0 Å². The van der Waals surface area contributed by atoms with E-state index >= 15 is 0 Å². The zero-order chi connectivity index (χ0) is 12.5. The van der Waals surface area contributed by atoms with Gasteiger partial charge in [-0.3, -0.25) is 0 Å². The first-order valence-corrected chi connectivity index (χ1v) is 6.72. The quantitative estimate of drug-likeness (QED) is 0.833. The molecule has 5 nitrogen and oxygen atoms in total. The van der Waals surface area contributed by atoms with Gasteiger partial charge in [-0.1, -0.05) is 15.9 Å². The van der Waals surface area contributed by atoms with Crippen LogP contribution in [0.15, 0.2) is 22.7 Å². The van der Waals surface area contributed by atoms with E-state index in [1.807, 2.05) is 18.2 Å². The van der Waals surface area contributed by atoms with E-state index in [-0.39, 0.29) is 0 Å². The van der Waals surface area contributed by atoms with E-state index in [9.17, 15) is 0 Å². The summed E-state index contributed by atoms with van der Waals surface area (Å²) in [5.74, 6) is 1.26. The summed E-state index contributed by atoms with van der Waals surface area (Å²) >= 11 is 3.45. The van der Waals surface area contributed by atoms with Gasteiger partial charge in [0.1, 0.15) is 5.82 Å². The van der Waals surface area contributed by atoms with Crippen LogP contribution in [0.2, 0.25) is 0 Å². The number of rotatable bonds is 1. The molecule has 1 aliphatic heterocycles. The molecule has 94 valence electrons. The van der Waals surface area contributed by atoms with Crippen LogP contribution in [0.3, 0.4) is 0 Å². The monoisotopic (exact) mass is 307 g/mol. The molecule has 3 N–H and O–H groups in total. The molecule has 0 spiro atoms. The molecular weight excluding hydrogens is 294 g/mol. The lowest BCUT2D eigenvalue weighted by molar-refractivity contribution is 0.586. The van der Waals surface area contributed by atoms with Crippen LogP contribution < -0.4 is 16.0 Å². The molecule has 1 aromatic carbocycles. The summed E-state index contributed by atoms with van der Waals surface area (Å²) in [7, 11) is 0. The van der Waals surface area contributed by atoms with Crippen LogP contribution in [-0.2, 0) is 0 Å². The number of nitrogens with one attached hydrogen (secondary N) is 1. The molecule has 1 aliphatic rings. The van der Waals surface area contributed by atoms with Gasteiger partial charge in [-0.15, -0.1) is 0 Å². The highest BCUT2D eigenvalue weighted by atomic mass is 79.9. The maximum absolute atomic E-state index is 5.80. The van der Waals surface area contributed by atoms with Gasteiger partial charge >= 0.3 is 0 Å². The number of halogens is 1. The SMILES string of the molecule is Nc1nc(N2CCNCC2)c2ccc(Br)cc2n1. The Labute approximate surface area is 114 Å². The van der Waals surface area contributed by atoms with Crippen molar-refractivity contribution in [1.82, 2.24) is 15.3 Å². The summed E-state index contributed by atoms with van der Waals surface area (Å²) in [6, 6.07) is 6.02. The Morgan fingerprint density at radius 1 is 1.22 bits per heavy atom. The van der Waals surface area contributed by atoms with Crippen molar-refractivity contribution in [2.45, 2.75) is 0 Å². The maximum Gasteiger partial charge on any atom is 0.222 e. The highest BCUT2D eigenvalue weighted by molar-refractivity contribution is 9.10. The van der Waals surface area contributed by atoms with Gasteiger partial charge in [0.15, 0.2) is 0 Å². The highest BCUT2D eigenvalue weighted by Crippen LogP contribution is 2.27. The average Bonchev–Trinajstić information content (AvgIpc) is 2.38. The Bertz CT molecular complexity index is 575. The Balaban J connectivity index is 2.14. The largest absolute Gasteiger partial charge is 0.368 e. The molecule has 0 radical (unpaired) electrons. The molecule has 18 heavy (non-hydrogen) atoms. The minimum Gasteiger partial charge on any atom is -0.368 e. The molecule has 1 aromatic heterocycles. The van der Waals surface area contributed by atoms with Gasteiger partial charge in [-0.2, -0.15) is 4.98 Å². The van der Waals surface area contributed by atoms with Crippen molar-refractivity contribution in [3.05, 3.63) is 22.7 Å². The first-order valence-electron chi connectivity index (χ1n) is 5.92. The lowest BCUT2D eigenvalue weighted by atomic mass is 10.2. The van der Waals surface area contributed by atoms with Crippen molar-refractivity contribution in [1.29, 1.82) is 0 Å². The third-order valence-electron chi connectivity index (χ3n) is 3.07. The second-order valence-corrected chi connectivity index (χ2v) is 5.22. The summed E-state index contributed by atoms with van der Waals surface area (Å²) in [6.07, 6.45) is 0. The van der Waals surface area contributed by atoms with E-state index in [1.165, 1.54) is 0 Å². The molecule has 1 fully saturated rings. The maximum atomic E-state index is 5.80. The van der Waals surface area contributed by atoms with Crippen LogP contribution in [0.4, 0.5) is 11.8 Å². The summed E-state index contributed by atoms with van der Waals surface area (Å²) in [4.78, 5) is 10.9. The first kappa shape index (κ1) is 11.7. The minimum atomic E-state index is 0.328. The van der Waals surface area contributed by atoms with Crippen molar-refractivity contribution in [3.8, 4) is 0 Å². The third kappa shape index (κ3) is 2.13. The van der Waals surface area contributed by atoms with Crippen LogP contribution in [0.1, 0.15) is 0 Å². The molecule has 3 rings (SSSR count). The smallest absolute Gasteiger partial charge is 0.222 e. The number of nitrogens with two attached hydrogens (primary N) is 1. The van der Waals surface area contributed by atoms with Crippen molar-refractivity contribution in [2.75, 3.05) is 36.8 Å². The summed E-state index contributed by atoms with van der Waals surface area (Å²) in [5.41, 5.74) is 6.68. The molecule has 0 atom stereocenters. The van der Waals surface area contributed by atoms with E-state index < -0.39 is 0 Å². The Morgan fingerprint density at radius 2 is 2.00 bits per heavy atom. The van der Waals surface area contributed by atoms with Crippen LogP contribution in [0.25, 0.3) is 10.9 Å². The summed E-state index contributed by atoms with van der Waals surface area (Å²) < 4.78 is 0.999. The molecular formula is C12H14BrN5. The summed E-state index contributed by atoms with van der Waals surface area (Å²) in [6.45, 7) is 3.84. The number of piperazine rings is 1. The zero-order valence-corrected chi connectivity index (χ0v) is 11.4. The van der Waals surface area contributed by atoms with Gasteiger partial charge in [-0.25, -0.2) is 4.98 Å². The van der Waals surface area contributed by atoms with Crippen molar-refractivity contribution in [2.24, 2.45) is 0 Å². The van der Waals surface area contributed by atoms with Gasteiger partial charge in [-0.05, 0) is 18.2 Å². The molecule has 0 amide bonds. The van der Waals surface area contributed by atoms with Crippen LogP contribution >= 0.6 is 15.9 Å². The number of aromatic nitrogens is 2. The predicted octanol–water partition coefficient (Wildman–Crippen LogP) is 1.38. The number of anilines is 2. The number of nitrogens with zero attached hydrogens (tertiary/aromatic N) is 3. The second-order valence-electron chi connectivity index (χ2n) is 4.30. The Hall–Kier alpha value is -1.40. The minimum absolute atomic E-state index is 0.328. The van der Waals surface area contributed by atoms with E-state index in [0.717, 1.165) is 47.4 Å². The van der Waals surface area contributed by atoms with Crippen molar-refractivity contribution < 1.29 is 0 Å². The second kappa shape index (κ2) is 4.70. The molecule has 2 aromatic rings. The Morgan fingerprint density at radius 3 is 2.78 bits per heavy atom. The average molecular weight is 308 g/mol. The van der Waals surface area contributed by atoms with Crippen molar-refractivity contribution >= 4 is 38.6 Å². The van der Waals surface area contributed by atoms with Gasteiger partial charge in [0.05, 0.1) is 5.52 Å². The fourth-order valence-corrected chi connectivity index (χ4v) is 2.57. The molecule has 2 heterocycles. The van der Waals surface area contributed by atoms with Crippen LogP contribution in [0, 0.1) is 0 Å². The van der Waals surface area contributed by atoms with E-state index in [4.69, 9.17) is 5.73 Å². The van der Waals surface area contributed by atoms with E-state index in [0.29, 0.717) is 5.95 Å². The standard InChI is InChI=1S/C12H14BrN5/c13-8-1-2-9-10(7-8)16-12(14)17-11(9)18-5-3-15-4-6-18/h1-2,7,15H,3-6H2,(H2,14,16,17). The molecule has 6 heteroatoms. The lowest BCUT2D eigenvalue weighted by Gasteiger charge is -2.29. The van der Waals surface area contributed by atoms with Crippen molar-refractivity contribution in [3.63, 3.8) is 0 Å². The molecule has 0 unspecified atom stereocenters. The van der Waals surface area contributed by atoms with E-state index in [2.05, 4.69) is 36.1 Å². The summed E-state index contributed by atoms with van der Waals surface area (Å²) in [5, 5.41) is 4.38. The predicted molar refractivity (Wildman–Crippen MR) is 76.7 cm³/mol.